The summed E-state index contributed by atoms with van der Waals surface area (Å²) in [6.07, 6.45) is 2.22. The number of hydrogen-bond acceptors (Lipinski definition) is 4. The monoisotopic (exact) mass is 259 g/mol. The van der Waals surface area contributed by atoms with E-state index in [9.17, 15) is 13.2 Å². The maximum atomic E-state index is 11.8. The van der Waals surface area contributed by atoms with Crippen LogP contribution in [0.25, 0.3) is 0 Å². The fourth-order valence-corrected chi connectivity index (χ4v) is 2.56. The number of aromatic amines is 1. The van der Waals surface area contributed by atoms with Gasteiger partial charge in [-0.1, -0.05) is 0 Å². The fraction of sp³-hybridized carbons (Fsp3) is 0.556. The normalized spacial score (nSPS) is 17.9. The number of rotatable bonds is 5. The molecule has 1 aliphatic carbocycles. The van der Waals surface area contributed by atoms with Gasteiger partial charge in [-0.05, 0) is 19.8 Å². The Kier molecular flexibility index (Phi) is 2.70. The van der Waals surface area contributed by atoms with Gasteiger partial charge in [0.15, 0.2) is 5.03 Å². The number of nitrogens with zero attached hydrogens (tertiary/aromatic N) is 1. The van der Waals surface area contributed by atoms with Gasteiger partial charge in [0.25, 0.3) is 10.0 Å². The molecule has 0 amide bonds. The molecule has 0 radical (unpaired) electrons. The second-order valence-electron chi connectivity index (χ2n) is 4.24. The third kappa shape index (κ3) is 2.32. The lowest BCUT2D eigenvalue weighted by Crippen LogP contribution is -2.34. The van der Waals surface area contributed by atoms with Gasteiger partial charge in [-0.3, -0.25) is 4.79 Å². The molecule has 0 unspecified atom stereocenters. The Morgan fingerprint density at radius 1 is 1.65 bits per heavy atom. The van der Waals surface area contributed by atoms with Crippen molar-refractivity contribution in [1.29, 1.82) is 0 Å². The van der Waals surface area contributed by atoms with E-state index >= 15 is 0 Å². The Bertz CT molecular complexity index is 544. The van der Waals surface area contributed by atoms with Crippen molar-refractivity contribution in [3.63, 3.8) is 0 Å². The first-order valence-corrected chi connectivity index (χ1v) is 6.59. The number of aryl methyl sites for hydroxylation is 1. The molecule has 1 aromatic heterocycles. The summed E-state index contributed by atoms with van der Waals surface area (Å²) in [4.78, 5) is 17.3. The Morgan fingerprint density at radius 2 is 2.29 bits per heavy atom. The predicted molar refractivity (Wildman–Crippen MR) is 57.8 cm³/mol. The summed E-state index contributed by atoms with van der Waals surface area (Å²) in [7, 11) is -3.70. The Hall–Kier alpha value is -1.41. The minimum atomic E-state index is -3.70. The first-order chi connectivity index (χ1) is 7.86. The van der Waals surface area contributed by atoms with E-state index in [4.69, 9.17) is 5.11 Å². The summed E-state index contributed by atoms with van der Waals surface area (Å²) < 4.78 is 25.8. The summed E-state index contributed by atoms with van der Waals surface area (Å²) in [6.45, 7) is 1.56. The maximum absolute atomic E-state index is 11.8. The largest absolute Gasteiger partial charge is 0.481 e. The SMILES string of the molecule is Cc1ncc(S(=O)(=O)NCC2(C(=O)O)CC2)[nH]1. The van der Waals surface area contributed by atoms with E-state index in [-0.39, 0.29) is 11.6 Å². The van der Waals surface area contributed by atoms with E-state index in [0.29, 0.717) is 18.7 Å². The average Bonchev–Trinajstić information content (AvgIpc) is 2.92. The van der Waals surface area contributed by atoms with Gasteiger partial charge >= 0.3 is 5.97 Å². The second-order valence-corrected chi connectivity index (χ2v) is 5.98. The molecule has 1 aromatic rings. The maximum Gasteiger partial charge on any atom is 0.310 e. The second kappa shape index (κ2) is 3.81. The quantitative estimate of drug-likeness (QED) is 0.681. The molecule has 17 heavy (non-hydrogen) atoms. The fourth-order valence-electron chi connectivity index (χ4n) is 1.46. The highest BCUT2D eigenvalue weighted by Gasteiger charge is 2.50. The molecule has 1 aliphatic rings. The molecule has 0 aromatic carbocycles. The molecule has 3 N–H and O–H groups in total. The van der Waals surface area contributed by atoms with Crippen LogP contribution in [-0.4, -0.2) is 36.0 Å². The van der Waals surface area contributed by atoms with Crippen LogP contribution in [0.15, 0.2) is 11.2 Å². The van der Waals surface area contributed by atoms with Crippen molar-refractivity contribution >= 4 is 16.0 Å². The molecule has 0 saturated heterocycles. The van der Waals surface area contributed by atoms with Crippen LogP contribution in [-0.2, 0) is 14.8 Å². The molecular weight excluding hydrogens is 246 g/mol. The Balaban J connectivity index is 2.07. The zero-order valence-corrected chi connectivity index (χ0v) is 10.0. The van der Waals surface area contributed by atoms with Gasteiger partial charge in [0, 0.05) is 6.54 Å². The molecule has 1 heterocycles. The van der Waals surface area contributed by atoms with Crippen LogP contribution >= 0.6 is 0 Å². The van der Waals surface area contributed by atoms with Crippen molar-refractivity contribution in [2.45, 2.75) is 24.8 Å². The molecule has 0 aliphatic heterocycles. The minimum absolute atomic E-state index is 0.0452. The van der Waals surface area contributed by atoms with Crippen LogP contribution in [0.4, 0.5) is 0 Å². The third-order valence-corrected chi connectivity index (χ3v) is 4.19. The van der Waals surface area contributed by atoms with E-state index in [2.05, 4.69) is 14.7 Å². The van der Waals surface area contributed by atoms with Crippen molar-refractivity contribution in [3.05, 3.63) is 12.0 Å². The molecule has 0 atom stereocenters. The van der Waals surface area contributed by atoms with Crippen LogP contribution in [0.2, 0.25) is 0 Å². The highest BCUT2D eigenvalue weighted by Crippen LogP contribution is 2.45. The molecule has 1 saturated carbocycles. The predicted octanol–water partition coefficient (Wildman–Crippen LogP) is -0.139. The first-order valence-electron chi connectivity index (χ1n) is 5.10. The van der Waals surface area contributed by atoms with Crippen LogP contribution in [0.1, 0.15) is 18.7 Å². The van der Waals surface area contributed by atoms with E-state index in [0.717, 1.165) is 0 Å². The topological polar surface area (TPSA) is 112 Å². The van der Waals surface area contributed by atoms with Gasteiger partial charge in [-0.25, -0.2) is 18.1 Å². The standard InChI is InChI=1S/C9H13N3O4S/c1-6-10-4-7(12-6)17(15,16)11-5-9(2-3-9)8(13)14/h4,11H,2-3,5H2,1H3,(H,10,12)(H,13,14). The molecule has 1 fully saturated rings. The zero-order valence-electron chi connectivity index (χ0n) is 9.23. The third-order valence-electron chi connectivity index (χ3n) is 2.88. The Morgan fingerprint density at radius 3 is 2.71 bits per heavy atom. The smallest absolute Gasteiger partial charge is 0.310 e. The van der Waals surface area contributed by atoms with Gasteiger partial charge < -0.3 is 10.1 Å². The zero-order chi connectivity index (χ0) is 12.7. The summed E-state index contributed by atoms with van der Waals surface area (Å²) in [5.41, 5.74) is -0.915. The number of carboxylic acid groups (broad SMARTS) is 1. The number of hydrogen-bond donors (Lipinski definition) is 3. The van der Waals surface area contributed by atoms with Crippen LogP contribution < -0.4 is 4.72 Å². The number of aromatic nitrogens is 2. The van der Waals surface area contributed by atoms with E-state index < -0.39 is 21.4 Å². The van der Waals surface area contributed by atoms with Gasteiger partial charge in [-0.15, -0.1) is 0 Å². The lowest BCUT2D eigenvalue weighted by Gasteiger charge is -2.10. The summed E-state index contributed by atoms with van der Waals surface area (Å²) in [5, 5.41) is 8.88. The van der Waals surface area contributed by atoms with Crippen molar-refractivity contribution in [3.8, 4) is 0 Å². The van der Waals surface area contributed by atoms with Gasteiger partial charge in [0.1, 0.15) is 5.82 Å². The van der Waals surface area contributed by atoms with Gasteiger partial charge in [-0.2, -0.15) is 0 Å². The van der Waals surface area contributed by atoms with Crippen LogP contribution in [0, 0.1) is 12.3 Å². The number of carboxylic acids is 1. The summed E-state index contributed by atoms with van der Waals surface area (Å²) in [5.74, 6) is -0.467. The number of aliphatic carboxylic acids is 1. The van der Waals surface area contributed by atoms with Crippen LogP contribution in [0.5, 0.6) is 0 Å². The van der Waals surface area contributed by atoms with Crippen LogP contribution in [0.3, 0.4) is 0 Å². The van der Waals surface area contributed by atoms with Crippen molar-refractivity contribution in [2.24, 2.45) is 5.41 Å². The number of carbonyl (C=O) groups is 1. The van der Waals surface area contributed by atoms with Gasteiger partial charge in [0.05, 0.1) is 11.6 Å². The summed E-state index contributed by atoms with van der Waals surface area (Å²) >= 11 is 0. The number of sulfonamides is 1. The van der Waals surface area contributed by atoms with E-state index in [1.54, 1.807) is 6.92 Å². The number of H-pyrrole nitrogens is 1. The number of imidazole rings is 1. The lowest BCUT2D eigenvalue weighted by atomic mass is 10.1. The molecule has 2 rings (SSSR count). The van der Waals surface area contributed by atoms with Crippen molar-refractivity contribution < 1.29 is 18.3 Å². The average molecular weight is 259 g/mol. The lowest BCUT2D eigenvalue weighted by molar-refractivity contribution is -0.143. The molecule has 8 heteroatoms. The van der Waals surface area contributed by atoms with Crippen molar-refractivity contribution in [2.75, 3.05) is 6.54 Å². The first kappa shape index (κ1) is 12.1. The number of nitrogens with one attached hydrogen (secondary N) is 2. The van der Waals surface area contributed by atoms with E-state index in [1.807, 2.05) is 0 Å². The minimum Gasteiger partial charge on any atom is -0.481 e. The van der Waals surface area contributed by atoms with Gasteiger partial charge in [0.2, 0.25) is 0 Å². The van der Waals surface area contributed by atoms with Crippen molar-refractivity contribution in [1.82, 2.24) is 14.7 Å². The molecular formula is C9H13N3O4S. The molecule has 0 bridgehead atoms. The highest BCUT2D eigenvalue weighted by atomic mass is 32.2. The highest BCUT2D eigenvalue weighted by molar-refractivity contribution is 7.89. The van der Waals surface area contributed by atoms with E-state index in [1.165, 1.54) is 6.20 Å². The Labute approximate surface area is 98.3 Å². The molecule has 94 valence electrons. The summed E-state index contributed by atoms with van der Waals surface area (Å²) in [6, 6.07) is 0. The molecule has 0 spiro atoms. The molecule has 7 nitrogen and oxygen atoms in total.